The first-order valence-electron chi connectivity index (χ1n) is 4.42. The first kappa shape index (κ1) is 9.76. The zero-order chi connectivity index (χ0) is 11.0. The van der Waals surface area contributed by atoms with Crippen molar-refractivity contribution in [2.24, 2.45) is 0 Å². The van der Waals surface area contributed by atoms with Gasteiger partial charge in [-0.25, -0.2) is 4.39 Å². The molecule has 0 spiro atoms. The summed E-state index contributed by atoms with van der Waals surface area (Å²) in [6.45, 7) is 1.40. The van der Waals surface area contributed by atoms with Crippen LogP contribution in [0.4, 0.5) is 4.39 Å². The molecule has 2 rings (SSSR count). The van der Waals surface area contributed by atoms with Crippen LogP contribution < -0.4 is 9.47 Å². The predicted octanol–water partition coefficient (Wildman–Crippen LogP) is 1.74. The minimum absolute atomic E-state index is 0.00186. The molecule has 0 aliphatic carbocycles. The van der Waals surface area contributed by atoms with Crippen molar-refractivity contribution < 1.29 is 23.8 Å². The molecule has 1 heterocycles. The highest BCUT2D eigenvalue weighted by Gasteiger charge is 2.28. The van der Waals surface area contributed by atoms with Crippen LogP contribution in [0.25, 0.3) is 0 Å². The average molecular weight is 212 g/mol. The Bertz CT molecular complexity index is 416. The van der Waals surface area contributed by atoms with Gasteiger partial charge in [0.1, 0.15) is 5.82 Å². The van der Waals surface area contributed by atoms with E-state index in [9.17, 15) is 9.18 Å². The molecule has 1 aromatic carbocycles. The maximum Gasteiger partial charge on any atom is 0.310 e. The Hall–Kier alpha value is -1.78. The van der Waals surface area contributed by atoms with Gasteiger partial charge in [-0.1, -0.05) is 0 Å². The van der Waals surface area contributed by atoms with E-state index < -0.39 is 17.7 Å². The lowest BCUT2D eigenvalue weighted by Crippen LogP contribution is -2.10. The van der Waals surface area contributed by atoms with Gasteiger partial charge in [0.25, 0.3) is 0 Å². The molecule has 80 valence electrons. The highest BCUT2D eigenvalue weighted by Crippen LogP contribution is 2.40. The Balaban J connectivity index is 2.54. The molecule has 1 aliphatic heterocycles. The fourth-order valence-electron chi connectivity index (χ4n) is 1.50. The largest absolute Gasteiger partial charge is 0.481 e. The molecule has 0 saturated carbocycles. The molecule has 0 aromatic heterocycles. The number of carboxylic acid groups (broad SMARTS) is 1. The first-order chi connectivity index (χ1) is 7.11. The van der Waals surface area contributed by atoms with Crippen molar-refractivity contribution in [3.63, 3.8) is 0 Å². The molecule has 0 fully saturated rings. The van der Waals surface area contributed by atoms with Crippen molar-refractivity contribution >= 4 is 5.97 Å². The van der Waals surface area contributed by atoms with Crippen LogP contribution in [0.2, 0.25) is 0 Å². The molecule has 1 aliphatic rings. The van der Waals surface area contributed by atoms with Gasteiger partial charge in [0, 0.05) is 5.56 Å². The number of hydrogen-bond donors (Lipinski definition) is 1. The lowest BCUT2D eigenvalue weighted by Gasteiger charge is -2.10. The molecule has 0 amide bonds. The van der Waals surface area contributed by atoms with Crippen molar-refractivity contribution in [3.05, 3.63) is 23.5 Å². The second-order valence-corrected chi connectivity index (χ2v) is 3.25. The van der Waals surface area contributed by atoms with E-state index in [0.29, 0.717) is 5.75 Å². The molecule has 1 unspecified atom stereocenters. The van der Waals surface area contributed by atoms with Gasteiger partial charge in [-0.2, -0.15) is 0 Å². The van der Waals surface area contributed by atoms with Gasteiger partial charge in [-0.3, -0.25) is 4.79 Å². The molecule has 5 heteroatoms. The number of halogens is 1. The normalized spacial score (nSPS) is 15.1. The average Bonchev–Trinajstić information content (AvgIpc) is 2.64. The van der Waals surface area contributed by atoms with Crippen molar-refractivity contribution in [2.45, 2.75) is 12.8 Å². The summed E-state index contributed by atoms with van der Waals surface area (Å²) in [5, 5.41) is 8.83. The summed E-state index contributed by atoms with van der Waals surface area (Å²) >= 11 is 0. The standard InChI is InChI=1S/C10H9FO4/c1-5(10(12)13)8-6(11)2-3-7-9(8)15-4-14-7/h2-3,5H,4H2,1H3,(H,12,13). The Morgan fingerprint density at radius 3 is 2.93 bits per heavy atom. The Labute approximate surface area is 85.2 Å². The molecule has 1 atom stereocenters. The second-order valence-electron chi connectivity index (χ2n) is 3.25. The van der Waals surface area contributed by atoms with Gasteiger partial charge in [0.15, 0.2) is 11.5 Å². The maximum absolute atomic E-state index is 13.5. The van der Waals surface area contributed by atoms with E-state index in [4.69, 9.17) is 14.6 Å². The molecule has 0 bridgehead atoms. The zero-order valence-corrected chi connectivity index (χ0v) is 7.99. The first-order valence-corrected chi connectivity index (χ1v) is 4.42. The van der Waals surface area contributed by atoms with Gasteiger partial charge in [-0.15, -0.1) is 0 Å². The lowest BCUT2D eigenvalue weighted by atomic mass is 9.99. The van der Waals surface area contributed by atoms with Crippen LogP contribution in [0.1, 0.15) is 18.4 Å². The molecule has 1 N–H and O–H groups in total. The highest BCUT2D eigenvalue weighted by molar-refractivity contribution is 5.77. The van der Waals surface area contributed by atoms with Crippen LogP contribution in [0.3, 0.4) is 0 Å². The van der Waals surface area contributed by atoms with E-state index >= 15 is 0 Å². The van der Waals surface area contributed by atoms with Crippen LogP contribution in [0.5, 0.6) is 11.5 Å². The van der Waals surface area contributed by atoms with E-state index in [2.05, 4.69) is 0 Å². The van der Waals surface area contributed by atoms with Crippen molar-refractivity contribution in [1.29, 1.82) is 0 Å². The van der Waals surface area contributed by atoms with Gasteiger partial charge in [0.05, 0.1) is 5.92 Å². The number of aliphatic carboxylic acids is 1. The SMILES string of the molecule is CC(C(=O)O)c1c(F)ccc2c1OCO2. The van der Waals surface area contributed by atoms with Crippen molar-refractivity contribution in [3.8, 4) is 11.5 Å². The Kier molecular flexibility index (Phi) is 2.22. The van der Waals surface area contributed by atoms with Crippen LogP contribution in [-0.2, 0) is 4.79 Å². The molecule has 4 nitrogen and oxygen atoms in total. The summed E-state index contributed by atoms with van der Waals surface area (Å²) in [5.41, 5.74) is 0.0394. The maximum atomic E-state index is 13.5. The van der Waals surface area contributed by atoms with Crippen LogP contribution in [-0.4, -0.2) is 17.9 Å². The fraction of sp³-hybridized carbons (Fsp3) is 0.300. The summed E-state index contributed by atoms with van der Waals surface area (Å²) in [5.74, 6) is -2.06. The number of carbonyl (C=O) groups is 1. The number of hydrogen-bond acceptors (Lipinski definition) is 3. The summed E-state index contributed by atoms with van der Waals surface area (Å²) in [7, 11) is 0. The quantitative estimate of drug-likeness (QED) is 0.811. The third-order valence-corrected chi connectivity index (χ3v) is 2.33. The van der Waals surface area contributed by atoms with Gasteiger partial charge in [-0.05, 0) is 19.1 Å². The molecule has 0 saturated heterocycles. The van der Waals surface area contributed by atoms with Crippen molar-refractivity contribution in [1.82, 2.24) is 0 Å². The number of rotatable bonds is 2. The number of benzene rings is 1. The molecule has 0 radical (unpaired) electrons. The van der Waals surface area contributed by atoms with Crippen molar-refractivity contribution in [2.75, 3.05) is 6.79 Å². The number of ether oxygens (including phenoxy) is 2. The van der Waals surface area contributed by atoms with Crippen LogP contribution >= 0.6 is 0 Å². The third kappa shape index (κ3) is 1.49. The summed E-state index contributed by atoms with van der Waals surface area (Å²) in [6.07, 6.45) is 0. The van der Waals surface area contributed by atoms with Gasteiger partial charge in [0.2, 0.25) is 6.79 Å². The monoisotopic (exact) mass is 212 g/mol. The summed E-state index contributed by atoms with van der Waals surface area (Å²) in [4.78, 5) is 10.8. The number of carboxylic acids is 1. The highest BCUT2D eigenvalue weighted by atomic mass is 19.1. The van der Waals surface area contributed by atoms with E-state index in [1.807, 2.05) is 0 Å². The topological polar surface area (TPSA) is 55.8 Å². The summed E-state index contributed by atoms with van der Waals surface area (Å²) in [6, 6.07) is 2.61. The second kappa shape index (κ2) is 3.42. The smallest absolute Gasteiger partial charge is 0.310 e. The van der Waals surface area contributed by atoms with Gasteiger partial charge < -0.3 is 14.6 Å². The van der Waals surface area contributed by atoms with E-state index in [0.717, 1.165) is 0 Å². The zero-order valence-electron chi connectivity index (χ0n) is 7.99. The van der Waals surface area contributed by atoms with Gasteiger partial charge >= 0.3 is 5.97 Å². The van der Waals surface area contributed by atoms with Crippen LogP contribution in [0, 0.1) is 5.82 Å². The molecule has 1 aromatic rings. The Morgan fingerprint density at radius 1 is 1.53 bits per heavy atom. The molecular formula is C10H9FO4. The number of fused-ring (bicyclic) bond motifs is 1. The van der Waals surface area contributed by atoms with Crippen LogP contribution in [0.15, 0.2) is 12.1 Å². The minimum Gasteiger partial charge on any atom is -0.481 e. The fourth-order valence-corrected chi connectivity index (χ4v) is 1.50. The van der Waals surface area contributed by atoms with E-state index in [-0.39, 0.29) is 18.1 Å². The summed E-state index contributed by atoms with van der Waals surface area (Å²) < 4.78 is 23.6. The predicted molar refractivity (Wildman–Crippen MR) is 48.6 cm³/mol. The third-order valence-electron chi connectivity index (χ3n) is 2.33. The minimum atomic E-state index is -1.10. The molecular weight excluding hydrogens is 203 g/mol. The van der Waals surface area contributed by atoms with E-state index in [1.54, 1.807) is 0 Å². The van der Waals surface area contributed by atoms with E-state index in [1.165, 1.54) is 19.1 Å². The Morgan fingerprint density at radius 2 is 2.27 bits per heavy atom. The molecule has 15 heavy (non-hydrogen) atoms. The lowest BCUT2D eigenvalue weighted by molar-refractivity contribution is -0.138.